The highest BCUT2D eigenvalue weighted by Crippen LogP contribution is 2.26. The van der Waals surface area contributed by atoms with Crippen LogP contribution in [0.15, 0.2) is 22.7 Å². The van der Waals surface area contributed by atoms with E-state index in [0.717, 1.165) is 11.0 Å². The molecule has 0 aromatic heterocycles. The van der Waals surface area contributed by atoms with Gasteiger partial charge in [-0.05, 0) is 52.9 Å². The summed E-state index contributed by atoms with van der Waals surface area (Å²) in [6.45, 7) is 0.847. The minimum absolute atomic E-state index is 0.0427. The molecule has 0 spiro atoms. The number of hydrogen-bond acceptors (Lipinski definition) is 2. The maximum Gasteiger partial charge on any atom is 0.254 e. The second-order valence-electron chi connectivity index (χ2n) is 5.08. The van der Waals surface area contributed by atoms with Crippen molar-refractivity contribution in [3.63, 3.8) is 0 Å². The van der Waals surface area contributed by atoms with Crippen molar-refractivity contribution in [1.82, 2.24) is 4.90 Å². The zero-order chi connectivity index (χ0) is 13.1. The number of anilines is 1. The van der Waals surface area contributed by atoms with Crippen LogP contribution in [0.2, 0.25) is 0 Å². The van der Waals surface area contributed by atoms with Crippen LogP contribution in [0, 0.1) is 5.92 Å². The van der Waals surface area contributed by atoms with Crippen molar-refractivity contribution < 1.29 is 4.79 Å². The number of hydrogen-bond donors (Lipinski definition) is 1. The third-order valence-electron chi connectivity index (χ3n) is 3.57. The normalized spacial score (nSPS) is 15.9. The zero-order valence-corrected chi connectivity index (χ0v) is 12.2. The average Bonchev–Trinajstić information content (AvgIpc) is 2.84. The summed E-state index contributed by atoms with van der Waals surface area (Å²) in [6.07, 6.45) is 5.09. The van der Waals surface area contributed by atoms with Crippen LogP contribution in [0.1, 0.15) is 36.0 Å². The second-order valence-corrected chi connectivity index (χ2v) is 5.93. The van der Waals surface area contributed by atoms with Gasteiger partial charge in [0, 0.05) is 23.8 Å². The monoisotopic (exact) mass is 310 g/mol. The maximum atomic E-state index is 12.3. The van der Waals surface area contributed by atoms with Crippen molar-refractivity contribution >= 4 is 27.5 Å². The first-order valence-electron chi connectivity index (χ1n) is 6.38. The molecular weight excluding hydrogens is 292 g/mol. The topological polar surface area (TPSA) is 46.3 Å². The number of rotatable bonds is 3. The molecule has 0 atom stereocenters. The molecule has 1 amide bonds. The van der Waals surface area contributed by atoms with Crippen LogP contribution in [0.4, 0.5) is 5.69 Å². The van der Waals surface area contributed by atoms with Gasteiger partial charge in [-0.25, -0.2) is 0 Å². The van der Waals surface area contributed by atoms with Crippen molar-refractivity contribution in [2.24, 2.45) is 5.92 Å². The summed E-state index contributed by atoms with van der Waals surface area (Å²) in [7, 11) is 1.87. The Labute approximate surface area is 116 Å². The van der Waals surface area contributed by atoms with E-state index in [4.69, 9.17) is 5.73 Å². The van der Waals surface area contributed by atoms with Gasteiger partial charge in [0.2, 0.25) is 0 Å². The maximum absolute atomic E-state index is 12.3. The molecule has 0 unspecified atom stereocenters. The number of nitrogens with two attached hydrogens (primary N) is 1. The van der Waals surface area contributed by atoms with Crippen LogP contribution in [-0.2, 0) is 0 Å². The molecular formula is C14H19BrN2O. The first-order chi connectivity index (χ1) is 8.58. The van der Waals surface area contributed by atoms with E-state index in [1.807, 2.05) is 18.0 Å². The Balaban J connectivity index is 2.07. The number of amides is 1. The lowest BCUT2D eigenvalue weighted by molar-refractivity contribution is 0.0772. The summed E-state index contributed by atoms with van der Waals surface area (Å²) in [5.41, 5.74) is 7.01. The van der Waals surface area contributed by atoms with E-state index in [0.29, 0.717) is 17.2 Å². The zero-order valence-electron chi connectivity index (χ0n) is 10.7. The second kappa shape index (κ2) is 5.74. The van der Waals surface area contributed by atoms with E-state index in [2.05, 4.69) is 15.9 Å². The highest BCUT2D eigenvalue weighted by atomic mass is 79.9. The number of nitrogens with zero attached hydrogens (tertiary/aromatic N) is 1. The molecule has 18 heavy (non-hydrogen) atoms. The average molecular weight is 311 g/mol. The van der Waals surface area contributed by atoms with Crippen molar-refractivity contribution in [3.05, 3.63) is 28.2 Å². The van der Waals surface area contributed by atoms with E-state index in [1.165, 1.54) is 25.7 Å². The fraction of sp³-hybridized carbons (Fsp3) is 0.500. The van der Waals surface area contributed by atoms with Crippen LogP contribution >= 0.6 is 15.9 Å². The van der Waals surface area contributed by atoms with Crippen LogP contribution in [0.3, 0.4) is 0 Å². The highest BCUT2D eigenvalue weighted by Gasteiger charge is 2.21. The Morgan fingerprint density at radius 2 is 2.11 bits per heavy atom. The first kappa shape index (κ1) is 13.4. The fourth-order valence-corrected chi connectivity index (χ4v) is 2.99. The third-order valence-corrected chi connectivity index (χ3v) is 4.27. The lowest BCUT2D eigenvalue weighted by atomic mass is 10.1. The number of nitrogen functional groups attached to an aromatic ring is 1. The van der Waals surface area contributed by atoms with Crippen molar-refractivity contribution in [2.45, 2.75) is 25.7 Å². The highest BCUT2D eigenvalue weighted by molar-refractivity contribution is 9.10. The molecule has 4 heteroatoms. The van der Waals surface area contributed by atoms with Crippen molar-refractivity contribution in [3.8, 4) is 0 Å². The molecule has 1 aromatic rings. The van der Waals surface area contributed by atoms with Crippen molar-refractivity contribution in [1.29, 1.82) is 0 Å². The third kappa shape index (κ3) is 3.05. The van der Waals surface area contributed by atoms with Gasteiger partial charge in [0.15, 0.2) is 0 Å². The van der Waals surface area contributed by atoms with Gasteiger partial charge in [0.05, 0.1) is 5.56 Å². The molecule has 2 rings (SSSR count). The molecule has 3 nitrogen and oxygen atoms in total. The van der Waals surface area contributed by atoms with Gasteiger partial charge >= 0.3 is 0 Å². The number of carbonyl (C=O) groups is 1. The summed E-state index contributed by atoms with van der Waals surface area (Å²) in [5.74, 6) is 0.708. The standard InChI is InChI=1S/C14H19BrN2O/c1-17(9-10-4-2-3-5-10)14(18)12-8-11(16)6-7-13(12)15/h6-8,10H,2-5,9,16H2,1H3. The predicted molar refractivity (Wildman–Crippen MR) is 77.5 cm³/mol. The number of halogens is 1. The van der Waals surface area contributed by atoms with E-state index in [1.54, 1.807) is 12.1 Å². The Bertz CT molecular complexity index is 441. The van der Waals surface area contributed by atoms with E-state index in [-0.39, 0.29) is 5.91 Å². The molecule has 1 aliphatic carbocycles. The Morgan fingerprint density at radius 1 is 1.44 bits per heavy atom. The quantitative estimate of drug-likeness (QED) is 0.871. The Hall–Kier alpha value is -1.03. The largest absolute Gasteiger partial charge is 0.399 e. The van der Waals surface area contributed by atoms with Gasteiger partial charge < -0.3 is 10.6 Å². The predicted octanol–water partition coefficient (Wildman–Crippen LogP) is 3.29. The summed E-state index contributed by atoms with van der Waals surface area (Å²) in [6, 6.07) is 5.35. The minimum Gasteiger partial charge on any atom is -0.399 e. The Kier molecular flexibility index (Phi) is 4.27. The summed E-state index contributed by atoms with van der Waals surface area (Å²) in [4.78, 5) is 14.2. The van der Waals surface area contributed by atoms with Gasteiger partial charge in [-0.3, -0.25) is 4.79 Å². The fourth-order valence-electron chi connectivity index (χ4n) is 2.58. The van der Waals surface area contributed by atoms with E-state index >= 15 is 0 Å². The number of carbonyl (C=O) groups excluding carboxylic acids is 1. The molecule has 0 bridgehead atoms. The molecule has 0 heterocycles. The molecule has 1 aliphatic rings. The van der Waals surface area contributed by atoms with Crippen molar-refractivity contribution in [2.75, 3.05) is 19.3 Å². The van der Waals surface area contributed by atoms with Crippen LogP contribution in [0.25, 0.3) is 0 Å². The van der Waals surface area contributed by atoms with Gasteiger partial charge in [-0.2, -0.15) is 0 Å². The molecule has 1 fully saturated rings. The molecule has 2 N–H and O–H groups in total. The van der Waals surface area contributed by atoms with Crippen LogP contribution in [-0.4, -0.2) is 24.4 Å². The Morgan fingerprint density at radius 3 is 2.78 bits per heavy atom. The van der Waals surface area contributed by atoms with Gasteiger partial charge in [-0.15, -0.1) is 0 Å². The summed E-state index contributed by atoms with van der Waals surface area (Å²) in [5, 5.41) is 0. The minimum atomic E-state index is 0.0427. The SMILES string of the molecule is CN(CC1CCCC1)C(=O)c1cc(N)ccc1Br. The lowest BCUT2D eigenvalue weighted by Crippen LogP contribution is -2.31. The van der Waals surface area contributed by atoms with Gasteiger partial charge in [0.25, 0.3) is 5.91 Å². The van der Waals surface area contributed by atoms with Gasteiger partial charge in [-0.1, -0.05) is 12.8 Å². The van der Waals surface area contributed by atoms with Crippen LogP contribution < -0.4 is 5.73 Å². The molecule has 0 radical (unpaired) electrons. The molecule has 98 valence electrons. The number of benzene rings is 1. The molecule has 1 saturated carbocycles. The van der Waals surface area contributed by atoms with Gasteiger partial charge in [0.1, 0.15) is 0 Å². The molecule has 0 aliphatic heterocycles. The smallest absolute Gasteiger partial charge is 0.254 e. The summed E-state index contributed by atoms with van der Waals surface area (Å²) >= 11 is 3.41. The first-order valence-corrected chi connectivity index (χ1v) is 7.17. The van der Waals surface area contributed by atoms with Crippen LogP contribution in [0.5, 0.6) is 0 Å². The molecule has 0 saturated heterocycles. The van der Waals surface area contributed by atoms with E-state index < -0.39 is 0 Å². The molecule has 1 aromatic carbocycles. The summed E-state index contributed by atoms with van der Waals surface area (Å²) < 4.78 is 0.806. The van der Waals surface area contributed by atoms with E-state index in [9.17, 15) is 4.79 Å². The lowest BCUT2D eigenvalue weighted by Gasteiger charge is -2.21.